The van der Waals surface area contributed by atoms with Gasteiger partial charge in [0.05, 0.1) is 11.3 Å². The van der Waals surface area contributed by atoms with Crippen LogP contribution in [0.4, 0.5) is 10.2 Å². The zero-order valence-electron chi connectivity index (χ0n) is 8.41. The number of pyridine rings is 1. The number of anilines is 1. The Morgan fingerprint density at radius 2 is 2.07 bits per heavy atom. The predicted molar refractivity (Wildman–Crippen MR) is 53.6 cm³/mol. The molecule has 0 atom stereocenters. The van der Waals surface area contributed by atoms with E-state index in [0.29, 0.717) is 22.6 Å². The normalized spacial score (nSPS) is 10.6. The fourth-order valence-corrected chi connectivity index (χ4v) is 1.50. The van der Waals surface area contributed by atoms with Crippen molar-refractivity contribution >= 4 is 5.82 Å². The summed E-state index contributed by atoms with van der Waals surface area (Å²) in [6, 6.07) is 3.12. The molecule has 0 aliphatic rings. The molecule has 15 heavy (non-hydrogen) atoms. The van der Waals surface area contributed by atoms with Crippen molar-refractivity contribution in [3.05, 3.63) is 29.5 Å². The molecular formula is C10H10FN3O. The fourth-order valence-electron chi connectivity index (χ4n) is 1.50. The third kappa shape index (κ3) is 1.56. The Hall–Kier alpha value is -1.91. The molecule has 2 aromatic heterocycles. The first-order valence-electron chi connectivity index (χ1n) is 4.45. The van der Waals surface area contributed by atoms with Crippen molar-refractivity contribution in [2.24, 2.45) is 0 Å². The van der Waals surface area contributed by atoms with Gasteiger partial charge in [-0.05, 0) is 26.0 Å². The standard InChI is InChI=1S/C10H10FN3O/c1-5-9(6(2)15-14-5)7-3-4-8(12)13-10(7)11/h3-4H,1-2H3,(H2,12,13). The SMILES string of the molecule is Cc1noc(C)c1-c1ccc(N)nc1F. The van der Waals surface area contributed by atoms with Gasteiger partial charge in [0.15, 0.2) is 0 Å². The Labute approximate surface area is 85.9 Å². The van der Waals surface area contributed by atoms with E-state index in [1.54, 1.807) is 26.0 Å². The first-order chi connectivity index (χ1) is 7.09. The summed E-state index contributed by atoms with van der Waals surface area (Å²) in [6.45, 7) is 3.48. The monoisotopic (exact) mass is 207 g/mol. The molecular weight excluding hydrogens is 197 g/mol. The highest BCUT2D eigenvalue weighted by molar-refractivity contribution is 5.68. The van der Waals surface area contributed by atoms with Gasteiger partial charge in [0.2, 0.25) is 5.95 Å². The van der Waals surface area contributed by atoms with E-state index in [4.69, 9.17) is 10.3 Å². The van der Waals surface area contributed by atoms with Crippen LogP contribution in [0.2, 0.25) is 0 Å². The van der Waals surface area contributed by atoms with Gasteiger partial charge in [-0.2, -0.15) is 4.39 Å². The van der Waals surface area contributed by atoms with Gasteiger partial charge in [0.25, 0.3) is 0 Å². The Balaban J connectivity index is 2.64. The van der Waals surface area contributed by atoms with Gasteiger partial charge in [-0.1, -0.05) is 5.16 Å². The molecule has 0 fully saturated rings. The molecule has 0 unspecified atom stereocenters. The van der Waals surface area contributed by atoms with Crippen LogP contribution in [0.3, 0.4) is 0 Å². The van der Waals surface area contributed by atoms with Gasteiger partial charge >= 0.3 is 0 Å². The van der Waals surface area contributed by atoms with Crippen molar-refractivity contribution < 1.29 is 8.91 Å². The quantitative estimate of drug-likeness (QED) is 0.727. The number of hydrogen-bond acceptors (Lipinski definition) is 4. The lowest BCUT2D eigenvalue weighted by molar-refractivity contribution is 0.393. The maximum atomic E-state index is 13.5. The van der Waals surface area contributed by atoms with Crippen LogP contribution in [0.1, 0.15) is 11.5 Å². The van der Waals surface area contributed by atoms with Crippen molar-refractivity contribution in [3.63, 3.8) is 0 Å². The highest BCUT2D eigenvalue weighted by Crippen LogP contribution is 2.28. The average Bonchev–Trinajstić information content (AvgIpc) is 2.48. The smallest absolute Gasteiger partial charge is 0.222 e. The lowest BCUT2D eigenvalue weighted by Crippen LogP contribution is -1.96. The van der Waals surface area contributed by atoms with Crippen molar-refractivity contribution in [1.29, 1.82) is 0 Å². The molecule has 0 amide bonds. The van der Waals surface area contributed by atoms with Gasteiger partial charge < -0.3 is 10.3 Å². The average molecular weight is 207 g/mol. The lowest BCUT2D eigenvalue weighted by Gasteiger charge is -2.01. The molecule has 2 heterocycles. The van der Waals surface area contributed by atoms with Crippen LogP contribution in [0.5, 0.6) is 0 Å². The van der Waals surface area contributed by atoms with Crippen molar-refractivity contribution in [2.75, 3.05) is 5.73 Å². The van der Waals surface area contributed by atoms with Crippen LogP contribution in [0, 0.1) is 19.8 Å². The van der Waals surface area contributed by atoms with Crippen LogP contribution in [-0.2, 0) is 0 Å². The topological polar surface area (TPSA) is 64.9 Å². The van der Waals surface area contributed by atoms with Gasteiger partial charge in [-0.3, -0.25) is 0 Å². The minimum atomic E-state index is -0.607. The molecule has 0 saturated heterocycles. The molecule has 0 bridgehead atoms. The molecule has 2 aromatic rings. The number of nitrogens with zero attached hydrogens (tertiary/aromatic N) is 2. The summed E-state index contributed by atoms with van der Waals surface area (Å²) in [6.07, 6.45) is 0. The van der Waals surface area contributed by atoms with E-state index in [-0.39, 0.29) is 5.82 Å². The van der Waals surface area contributed by atoms with Gasteiger partial charge in [0, 0.05) is 5.56 Å². The lowest BCUT2D eigenvalue weighted by atomic mass is 10.1. The highest BCUT2D eigenvalue weighted by Gasteiger charge is 2.16. The summed E-state index contributed by atoms with van der Waals surface area (Å²) in [5.74, 6) is 0.116. The maximum Gasteiger partial charge on any atom is 0.222 e. The number of halogens is 1. The Morgan fingerprint density at radius 1 is 1.33 bits per heavy atom. The van der Waals surface area contributed by atoms with Crippen LogP contribution in [0.15, 0.2) is 16.7 Å². The second kappa shape index (κ2) is 3.34. The van der Waals surface area contributed by atoms with E-state index in [1.165, 1.54) is 0 Å². The maximum absolute atomic E-state index is 13.5. The summed E-state index contributed by atoms with van der Waals surface area (Å²) in [7, 11) is 0. The molecule has 0 aromatic carbocycles. The van der Waals surface area contributed by atoms with E-state index in [2.05, 4.69) is 10.1 Å². The van der Waals surface area contributed by atoms with Gasteiger partial charge in [-0.15, -0.1) is 0 Å². The Kier molecular flexibility index (Phi) is 2.15. The fraction of sp³-hybridized carbons (Fsp3) is 0.200. The minimum Gasteiger partial charge on any atom is -0.384 e. The molecule has 0 aliphatic carbocycles. The first kappa shape index (κ1) is 9.64. The summed E-state index contributed by atoms with van der Waals surface area (Å²) >= 11 is 0. The van der Waals surface area contributed by atoms with E-state index in [9.17, 15) is 4.39 Å². The van der Waals surface area contributed by atoms with Crippen molar-refractivity contribution in [1.82, 2.24) is 10.1 Å². The van der Waals surface area contributed by atoms with Crippen LogP contribution in [-0.4, -0.2) is 10.1 Å². The number of nitrogen functional groups attached to an aromatic ring is 1. The first-order valence-corrected chi connectivity index (χ1v) is 4.45. The highest BCUT2D eigenvalue weighted by atomic mass is 19.1. The van der Waals surface area contributed by atoms with E-state index in [1.807, 2.05) is 0 Å². The minimum absolute atomic E-state index is 0.156. The van der Waals surface area contributed by atoms with E-state index >= 15 is 0 Å². The van der Waals surface area contributed by atoms with Gasteiger partial charge in [-0.25, -0.2) is 4.98 Å². The number of rotatable bonds is 1. The van der Waals surface area contributed by atoms with Gasteiger partial charge in [0.1, 0.15) is 11.6 Å². The summed E-state index contributed by atoms with van der Waals surface area (Å²) in [4.78, 5) is 3.55. The number of aromatic nitrogens is 2. The molecule has 78 valence electrons. The molecule has 2 rings (SSSR count). The number of aryl methyl sites for hydroxylation is 2. The molecule has 0 aliphatic heterocycles. The molecule has 2 N–H and O–H groups in total. The van der Waals surface area contributed by atoms with Crippen molar-refractivity contribution in [2.45, 2.75) is 13.8 Å². The third-order valence-electron chi connectivity index (χ3n) is 2.17. The molecule has 0 radical (unpaired) electrons. The van der Waals surface area contributed by atoms with Crippen LogP contribution in [0.25, 0.3) is 11.1 Å². The predicted octanol–water partition coefficient (Wildman–Crippen LogP) is 2.07. The van der Waals surface area contributed by atoms with Crippen LogP contribution >= 0.6 is 0 Å². The molecule has 4 nitrogen and oxygen atoms in total. The summed E-state index contributed by atoms with van der Waals surface area (Å²) in [5.41, 5.74) is 7.00. The zero-order valence-corrected chi connectivity index (χ0v) is 8.41. The summed E-state index contributed by atoms with van der Waals surface area (Å²) in [5, 5.41) is 3.76. The third-order valence-corrected chi connectivity index (χ3v) is 2.17. The molecule has 0 saturated carbocycles. The molecule has 0 spiro atoms. The number of hydrogen-bond donors (Lipinski definition) is 1. The Morgan fingerprint density at radius 3 is 2.60 bits per heavy atom. The Bertz CT molecular complexity index is 488. The second-order valence-corrected chi connectivity index (χ2v) is 3.27. The van der Waals surface area contributed by atoms with Crippen molar-refractivity contribution in [3.8, 4) is 11.1 Å². The largest absolute Gasteiger partial charge is 0.384 e. The zero-order chi connectivity index (χ0) is 11.0. The summed E-state index contributed by atoms with van der Waals surface area (Å²) < 4.78 is 18.5. The number of nitrogens with two attached hydrogens (primary N) is 1. The van der Waals surface area contributed by atoms with Crippen LogP contribution < -0.4 is 5.73 Å². The second-order valence-electron chi connectivity index (χ2n) is 3.27. The van der Waals surface area contributed by atoms with E-state index < -0.39 is 5.95 Å². The molecule has 5 heteroatoms. The van der Waals surface area contributed by atoms with E-state index in [0.717, 1.165) is 0 Å².